The number of rotatable bonds is 2. The van der Waals surface area contributed by atoms with Crippen molar-refractivity contribution in [2.45, 2.75) is 40.0 Å². The Labute approximate surface area is 137 Å². The molecule has 1 aromatic carbocycles. The van der Waals surface area contributed by atoms with Crippen molar-refractivity contribution in [2.24, 2.45) is 0 Å². The first kappa shape index (κ1) is 16.2. The molecule has 0 radical (unpaired) electrons. The molecule has 1 aromatic heterocycles. The number of thiazole rings is 1. The molecule has 0 aliphatic carbocycles. The summed E-state index contributed by atoms with van der Waals surface area (Å²) in [5.41, 5.74) is 3.57. The number of aromatic carboxylic acids is 1. The molecular formula is C16H18BrNO2S. The summed E-state index contributed by atoms with van der Waals surface area (Å²) in [6.07, 6.45) is 0. The predicted octanol–water partition coefficient (Wildman–Crippen LogP) is 5.19. The highest BCUT2D eigenvalue weighted by Crippen LogP contribution is 2.36. The molecule has 0 spiro atoms. The molecule has 0 amide bonds. The van der Waals surface area contributed by atoms with Crippen molar-refractivity contribution >= 4 is 33.2 Å². The lowest BCUT2D eigenvalue weighted by Gasteiger charge is -2.16. The lowest BCUT2D eigenvalue weighted by molar-refractivity contribution is 0.0699. The van der Waals surface area contributed by atoms with Gasteiger partial charge < -0.3 is 5.11 Å². The van der Waals surface area contributed by atoms with Gasteiger partial charge in [0.1, 0.15) is 9.88 Å². The van der Waals surface area contributed by atoms with Crippen molar-refractivity contribution in [2.75, 3.05) is 0 Å². The number of hydrogen-bond acceptors (Lipinski definition) is 3. The van der Waals surface area contributed by atoms with Crippen LogP contribution in [0.25, 0.3) is 10.6 Å². The number of carboxylic acids is 1. The summed E-state index contributed by atoms with van der Waals surface area (Å²) in [5.74, 6) is -0.908. The standard InChI is InChI=1S/C16H18BrNO2S/c1-8-6-10(7-9(2)11(8)17)14-18-13(16(3,4)5)12(21-14)15(19)20/h6-7H,1-5H3,(H,19,20). The Kier molecular flexibility index (Phi) is 4.26. The zero-order chi connectivity index (χ0) is 15.9. The van der Waals surface area contributed by atoms with Gasteiger partial charge in [0.25, 0.3) is 0 Å². The average Bonchev–Trinajstić information content (AvgIpc) is 2.80. The maximum Gasteiger partial charge on any atom is 0.347 e. The predicted molar refractivity (Wildman–Crippen MR) is 90.4 cm³/mol. The Morgan fingerprint density at radius 2 is 1.76 bits per heavy atom. The van der Waals surface area contributed by atoms with Crippen LogP contribution in [0.2, 0.25) is 0 Å². The van der Waals surface area contributed by atoms with Crippen LogP contribution in [0, 0.1) is 13.8 Å². The molecule has 0 unspecified atom stereocenters. The Bertz CT molecular complexity index is 691. The number of aromatic nitrogens is 1. The van der Waals surface area contributed by atoms with E-state index in [0.717, 1.165) is 26.2 Å². The molecule has 0 bridgehead atoms. The van der Waals surface area contributed by atoms with Crippen molar-refractivity contribution in [1.29, 1.82) is 0 Å². The van der Waals surface area contributed by atoms with E-state index in [-0.39, 0.29) is 5.41 Å². The van der Waals surface area contributed by atoms with Gasteiger partial charge in [-0.05, 0) is 37.1 Å². The second kappa shape index (κ2) is 5.54. The van der Waals surface area contributed by atoms with Gasteiger partial charge in [0.2, 0.25) is 0 Å². The number of halogens is 1. The van der Waals surface area contributed by atoms with Crippen LogP contribution in [0.5, 0.6) is 0 Å². The number of aryl methyl sites for hydroxylation is 2. The lowest BCUT2D eigenvalue weighted by Crippen LogP contribution is -2.16. The zero-order valence-corrected chi connectivity index (χ0v) is 15.1. The molecule has 5 heteroatoms. The third-order valence-corrected chi connectivity index (χ3v) is 5.56. The molecule has 0 atom stereocenters. The van der Waals surface area contributed by atoms with Crippen molar-refractivity contribution in [1.82, 2.24) is 4.98 Å². The number of nitrogens with zero attached hydrogens (tertiary/aromatic N) is 1. The van der Waals surface area contributed by atoms with E-state index in [1.807, 2.05) is 46.8 Å². The molecule has 112 valence electrons. The van der Waals surface area contributed by atoms with Crippen molar-refractivity contribution < 1.29 is 9.90 Å². The molecule has 0 fully saturated rings. The summed E-state index contributed by atoms with van der Waals surface area (Å²) in [6, 6.07) is 4.07. The fourth-order valence-electron chi connectivity index (χ4n) is 2.17. The van der Waals surface area contributed by atoms with Gasteiger partial charge in [-0.25, -0.2) is 9.78 Å². The molecule has 0 aliphatic rings. The molecule has 2 rings (SSSR count). The average molecular weight is 368 g/mol. The Morgan fingerprint density at radius 1 is 1.24 bits per heavy atom. The van der Waals surface area contributed by atoms with Crippen molar-refractivity contribution in [3.63, 3.8) is 0 Å². The van der Waals surface area contributed by atoms with Crippen LogP contribution >= 0.6 is 27.3 Å². The minimum Gasteiger partial charge on any atom is -0.477 e. The highest BCUT2D eigenvalue weighted by atomic mass is 79.9. The number of carbonyl (C=O) groups is 1. The maximum absolute atomic E-state index is 11.5. The van der Waals surface area contributed by atoms with Gasteiger partial charge in [0.05, 0.1) is 5.69 Å². The summed E-state index contributed by atoms with van der Waals surface area (Å²) in [6.45, 7) is 10.00. The second-order valence-electron chi connectivity index (χ2n) is 6.18. The SMILES string of the molecule is Cc1cc(-c2nc(C(C)(C)C)c(C(=O)O)s2)cc(C)c1Br. The molecule has 1 N–H and O–H groups in total. The number of carboxylic acid groups (broad SMARTS) is 1. The minimum absolute atomic E-state index is 0.290. The van der Waals surface area contributed by atoms with Crippen LogP contribution in [-0.2, 0) is 5.41 Å². The third-order valence-electron chi connectivity index (χ3n) is 3.22. The van der Waals surface area contributed by atoms with E-state index in [1.54, 1.807) is 0 Å². The van der Waals surface area contributed by atoms with Gasteiger partial charge in [-0.15, -0.1) is 11.3 Å². The summed E-state index contributed by atoms with van der Waals surface area (Å²) in [7, 11) is 0. The summed E-state index contributed by atoms with van der Waals surface area (Å²) in [4.78, 5) is 16.4. The van der Waals surface area contributed by atoms with Crippen LogP contribution in [0.3, 0.4) is 0 Å². The van der Waals surface area contributed by atoms with E-state index < -0.39 is 5.97 Å². The molecule has 2 aromatic rings. The topological polar surface area (TPSA) is 50.2 Å². The first-order chi connectivity index (χ1) is 9.61. The Morgan fingerprint density at radius 3 is 2.14 bits per heavy atom. The van der Waals surface area contributed by atoms with Gasteiger partial charge in [-0.3, -0.25) is 0 Å². The highest BCUT2D eigenvalue weighted by Gasteiger charge is 2.27. The zero-order valence-electron chi connectivity index (χ0n) is 12.7. The van der Waals surface area contributed by atoms with E-state index in [0.29, 0.717) is 10.6 Å². The lowest BCUT2D eigenvalue weighted by atomic mass is 9.91. The minimum atomic E-state index is -0.908. The normalized spacial score (nSPS) is 11.7. The summed E-state index contributed by atoms with van der Waals surface area (Å²) in [5, 5.41) is 10.2. The Balaban J connectivity index is 2.64. The third kappa shape index (κ3) is 3.19. The van der Waals surface area contributed by atoms with Crippen molar-refractivity contribution in [3.8, 4) is 10.6 Å². The maximum atomic E-state index is 11.5. The van der Waals surface area contributed by atoms with E-state index in [9.17, 15) is 9.90 Å². The second-order valence-corrected chi connectivity index (χ2v) is 7.97. The van der Waals surface area contributed by atoms with Gasteiger partial charge in [0.15, 0.2) is 0 Å². The molecular weight excluding hydrogens is 350 g/mol. The molecule has 0 saturated heterocycles. The van der Waals surface area contributed by atoms with Gasteiger partial charge in [0, 0.05) is 15.5 Å². The molecule has 21 heavy (non-hydrogen) atoms. The van der Waals surface area contributed by atoms with E-state index in [1.165, 1.54) is 11.3 Å². The first-order valence-corrected chi connectivity index (χ1v) is 8.24. The smallest absolute Gasteiger partial charge is 0.347 e. The molecule has 0 aliphatic heterocycles. The van der Waals surface area contributed by atoms with Gasteiger partial charge in [-0.1, -0.05) is 36.7 Å². The summed E-state index contributed by atoms with van der Waals surface area (Å²) < 4.78 is 1.08. The number of hydrogen-bond donors (Lipinski definition) is 1. The molecule has 1 heterocycles. The monoisotopic (exact) mass is 367 g/mol. The van der Waals surface area contributed by atoms with Gasteiger partial charge >= 0.3 is 5.97 Å². The Hall–Kier alpha value is -1.20. The molecule has 0 saturated carbocycles. The first-order valence-electron chi connectivity index (χ1n) is 6.63. The van der Waals surface area contributed by atoms with Crippen LogP contribution in [0.4, 0.5) is 0 Å². The summed E-state index contributed by atoms with van der Waals surface area (Å²) >= 11 is 4.79. The fourth-order valence-corrected chi connectivity index (χ4v) is 3.50. The van der Waals surface area contributed by atoms with Crippen LogP contribution in [0.15, 0.2) is 16.6 Å². The quantitative estimate of drug-likeness (QED) is 0.794. The number of benzene rings is 1. The van der Waals surface area contributed by atoms with Crippen LogP contribution in [0.1, 0.15) is 47.3 Å². The van der Waals surface area contributed by atoms with E-state index >= 15 is 0 Å². The van der Waals surface area contributed by atoms with E-state index in [2.05, 4.69) is 20.9 Å². The van der Waals surface area contributed by atoms with E-state index in [4.69, 9.17) is 0 Å². The van der Waals surface area contributed by atoms with Crippen LogP contribution in [-0.4, -0.2) is 16.1 Å². The highest BCUT2D eigenvalue weighted by molar-refractivity contribution is 9.10. The fraction of sp³-hybridized carbons (Fsp3) is 0.375. The van der Waals surface area contributed by atoms with Gasteiger partial charge in [-0.2, -0.15) is 0 Å². The van der Waals surface area contributed by atoms with Crippen LogP contribution < -0.4 is 0 Å². The van der Waals surface area contributed by atoms with Crippen molar-refractivity contribution in [3.05, 3.63) is 38.3 Å². The molecule has 3 nitrogen and oxygen atoms in total. The largest absolute Gasteiger partial charge is 0.477 e.